The van der Waals surface area contributed by atoms with Crippen LogP contribution < -0.4 is 0 Å². The smallest absolute Gasteiger partial charge is 0.0591 e. The summed E-state index contributed by atoms with van der Waals surface area (Å²) >= 11 is 1.82. The number of piperidine rings is 1. The van der Waals surface area contributed by atoms with Gasteiger partial charge in [-0.05, 0) is 49.6 Å². The number of allylic oxidation sites excluding steroid dienone is 3. The SMILES string of the molecule is C=C1CCCCN1C1(C)C=CC(c2cccs2)=CC1. The first-order valence-corrected chi connectivity index (χ1v) is 7.96. The minimum Gasteiger partial charge on any atom is -0.366 e. The van der Waals surface area contributed by atoms with Crippen LogP contribution >= 0.6 is 11.3 Å². The third-order valence-corrected chi connectivity index (χ3v) is 5.18. The third-order valence-electron chi connectivity index (χ3n) is 4.26. The zero-order valence-electron chi connectivity index (χ0n) is 11.6. The number of hydrogen-bond acceptors (Lipinski definition) is 2. The lowest BCUT2D eigenvalue weighted by atomic mass is 9.86. The number of thiophene rings is 1. The van der Waals surface area contributed by atoms with Gasteiger partial charge in [0, 0.05) is 17.1 Å². The molecular weight excluding hydrogens is 250 g/mol. The largest absolute Gasteiger partial charge is 0.366 e. The maximum absolute atomic E-state index is 4.26. The molecule has 2 heterocycles. The third kappa shape index (κ3) is 2.42. The molecule has 3 rings (SSSR count). The molecule has 1 aromatic heterocycles. The predicted octanol–water partition coefficient (Wildman–Crippen LogP) is 4.85. The highest BCUT2D eigenvalue weighted by Gasteiger charge is 2.32. The molecule has 0 N–H and O–H groups in total. The lowest BCUT2D eigenvalue weighted by Crippen LogP contribution is -2.46. The second-order valence-corrected chi connectivity index (χ2v) is 6.65. The Morgan fingerprint density at radius 3 is 2.89 bits per heavy atom. The molecule has 2 heteroatoms. The summed E-state index contributed by atoms with van der Waals surface area (Å²) in [5.41, 5.74) is 2.81. The Labute approximate surface area is 119 Å². The minimum atomic E-state index is 0.123. The Balaban J connectivity index is 1.78. The maximum atomic E-state index is 4.26. The van der Waals surface area contributed by atoms with Crippen molar-refractivity contribution >= 4 is 16.9 Å². The fourth-order valence-corrected chi connectivity index (χ4v) is 3.80. The van der Waals surface area contributed by atoms with E-state index in [-0.39, 0.29) is 5.54 Å². The van der Waals surface area contributed by atoms with Gasteiger partial charge in [0.1, 0.15) is 0 Å². The van der Waals surface area contributed by atoms with Gasteiger partial charge in [0.2, 0.25) is 0 Å². The highest BCUT2D eigenvalue weighted by Crippen LogP contribution is 2.36. The van der Waals surface area contributed by atoms with Crippen LogP contribution in [0.3, 0.4) is 0 Å². The molecule has 100 valence electrons. The average molecular weight is 271 g/mol. The van der Waals surface area contributed by atoms with Crippen molar-refractivity contribution in [1.82, 2.24) is 4.90 Å². The molecule has 1 saturated heterocycles. The molecule has 0 spiro atoms. The summed E-state index contributed by atoms with van der Waals surface area (Å²) in [5, 5.41) is 2.14. The highest BCUT2D eigenvalue weighted by molar-refractivity contribution is 7.11. The zero-order valence-corrected chi connectivity index (χ0v) is 12.4. The molecule has 2 aliphatic rings. The van der Waals surface area contributed by atoms with Gasteiger partial charge in [-0.2, -0.15) is 0 Å². The van der Waals surface area contributed by atoms with Gasteiger partial charge in [-0.3, -0.25) is 0 Å². The molecule has 0 radical (unpaired) electrons. The summed E-state index contributed by atoms with van der Waals surface area (Å²) in [6.45, 7) is 7.75. The summed E-state index contributed by atoms with van der Waals surface area (Å²) in [6, 6.07) is 4.32. The quantitative estimate of drug-likeness (QED) is 0.743. The van der Waals surface area contributed by atoms with Crippen LogP contribution in [0.15, 0.2) is 48.0 Å². The van der Waals surface area contributed by atoms with Gasteiger partial charge in [0.25, 0.3) is 0 Å². The fraction of sp³-hybridized carbons (Fsp3) is 0.412. The van der Waals surface area contributed by atoms with E-state index in [1.165, 1.54) is 29.0 Å². The summed E-state index contributed by atoms with van der Waals surface area (Å²) in [7, 11) is 0. The van der Waals surface area contributed by atoms with Crippen LogP contribution in [0.1, 0.15) is 37.5 Å². The molecule has 0 saturated carbocycles. The Kier molecular flexibility index (Phi) is 3.36. The van der Waals surface area contributed by atoms with E-state index < -0.39 is 0 Å². The first kappa shape index (κ1) is 12.7. The summed E-state index contributed by atoms with van der Waals surface area (Å²) in [6.07, 6.45) is 11.9. The molecule has 19 heavy (non-hydrogen) atoms. The Morgan fingerprint density at radius 2 is 2.26 bits per heavy atom. The predicted molar refractivity (Wildman–Crippen MR) is 84.2 cm³/mol. The van der Waals surface area contributed by atoms with E-state index in [4.69, 9.17) is 0 Å². The van der Waals surface area contributed by atoms with Crippen LogP contribution in [0, 0.1) is 0 Å². The number of nitrogens with zero attached hydrogens (tertiary/aromatic N) is 1. The molecule has 1 unspecified atom stereocenters. The zero-order chi connectivity index (χ0) is 13.3. The maximum Gasteiger partial charge on any atom is 0.0591 e. The Hall–Kier alpha value is -1.28. The second-order valence-electron chi connectivity index (χ2n) is 5.71. The number of hydrogen-bond donors (Lipinski definition) is 0. The standard InChI is InChI=1S/C17H21NS/c1-14-6-3-4-12-18(14)17(2)10-8-15(9-11-17)16-7-5-13-19-16/h5,7-10,13H,1,3-4,6,11-12H2,2H3. The first-order valence-electron chi connectivity index (χ1n) is 7.08. The van der Waals surface area contributed by atoms with Crippen molar-refractivity contribution in [3.8, 4) is 0 Å². The summed E-state index contributed by atoms with van der Waals surface area (Å²) in [4.78, 5) is 3.88. The van der Waals surface area contributed by atoms with E-state index >= 15 is 0 Å². The van der Waals surface area contributed by atoms with Crippen molar-refractivity contribution in [2.24, 2.45) is 0 Å². The normalized spacial score (nSPS) is 27.5. The van der Waals surface area contributed by atoms with Gasteiger partial charge in [-0.1, -0.05) is 30.9 Å². The molecule has 1 aliphatic heterocycles. The van der Waals surface area contributed by atoms with Gasteiger partial charge in [0.05, 0.1) is 5.54 Å². The highest BCUT2D eigenvalue weighted by atomic mass is 32.1. The van der Waals surface area contributed by atoms with Crippen molar-refractivity contribution < 1.29 is 0 Å². The van der Waals surface area contributed by atoms with Crippen molar-refractivity contribution in [2.45, 2.75) is 38.1 Å². The van der Waals surface area contributed by atoms with Gasteiger partial charge in [-0.15, -0.1) is 11.3 Å². The van der Waals surface area contributed by atoms with E-state index in [2.05, 4.69) is 54.1 Å². The average Bonchev–Trinajstić information content (AvgIpc) is 2.94. The molecule has 1 aromatic rings. The van der Waals surface area contributed by atoms with Crippen molar-refractivity contribution in [2.75, 3.05) is 6.54 Å². The Morgan fingerprint density at radius 1 is 1.37 bits per heavy atom. The van der Waals surface area contributed by atoms with Gasteiger partial charge in [0.15, 0.2) is 0 Å². The van der Waals surface area contributed by atoms with Crippen LogP contribution in [-0.4, -0.2) is 17.0 Å². The number of likely N-dealkylation sites (tertiary alicyclic amines) is 1. The molecular formula is C17H21NS. The summed E-state index contributed by atoms with van der Waals surface area (Å²) in [5.74, 6) is 0. The van der Waals surface area contributed by atoms with Crippen LogP contribution in [0.4, 0.5) is 0 Å². The van der Waals surface area contributed by atoms with Crippen molar-refractivity contribution in [3.63, 3.8) is 0 Å². The van der Waals surface area contributed by atoms with E-state index in [1.54, 1.807) is 0 Å². The van der Waals surface area contributed by atoms with E-state index in [9.17, 15) is 0 Å². The molecule has 1 nitrogen and oxygen atoms in total. The molecule has 0 bridgehead atoms. The van der Waals surface area contributed by atoms with E-state index in [1.807, 2.05) is 11.3 Å². The van der Waals surface area contributed by atoms with Crippen LogP contribution in [-0.2, 0) is 0 Å². The van der Waals surface area contributed by atoms with Crippen molar-refractivity contribution in [1.29, 1.82) is 0 Å². The first-order chi connectivity index (χ1) is 9.19. The Bertz CT molecular complexity index is 523. The molecule has 0 aromatic carbocycles. The van der Waals surface area contributed by atoms with Gasteiger partial charge < -0.3 is 4.90 Å². The molecule has 1 fully saturated rings. The van der Waals surface area contributed by atoms with Crippen LogP contribution in [0.5, 0.6) is 0 Å². The van der Waals surface area contributed by atoms with E-state index in [0.29, 0.717) is 0 Å². The van der Waals surface area contributed by atoms with Crippen molar-refractivity contribution in [3.05, 3.63) is 52.9 Å². The van der Waals surface area contributed by atoms with Gasteiger partial charge >= 0.3 is 0 Å². The second kappa shape index (κ2) is 5.01. The van der Waals surface area contributed by atoms with Crippen LogP contribution in [0.25, 0.3) is 5.57 Å². The lowest BCUT2D eigenvalue weighted by molar-refractivity contribution is 0.168. The fourth-order valence-electron chi connectivity index (χ4n) is 3.06. The van der Waals surface area contributed by atoms with E-state index in [0.717, 1.165) is 19.4 Å². The number of rotatable bonds is 2. The van der Waals surface area contributed by atoms with Gasteiger partial charge in [-0.25, -0.2) is 0 Å². The monoisotopic (exact) mass is 271 g/mol. The molecule has 1 atom stereocenters. The summed E-state index contributed by atoms with van der Waals surface area (Å²) < 4.78 is 0. The molecule has 0 amide bonds. The van der Waals surface area contributed by atoms with Crippen LogP contribution in [0.2, 0.25) is 0 Å². The lowest BCUT2D eigenvalue weighted by Gasteiger charge is -2.45. The minimum absolute atomic E-state index is 0.123. The molecule has 1 aliphatic carbocycles. The topological polar surface area (TPSA) is 3.24 Å².